The molecule has 1 aromatic heterocycles. The van der Waals surface area contributed by atoms with Gasteiger partial charge in [0.25, 0.3) is 10.1 Å². The number of hydrogen-bond acceptors (Lipinski definition) is 8. The second-order valence-corrected chi connectivity index (χ2v) is 12.3. The van der Waals surface area contributed by atoms with Gasteiger partial charge in [-0.05, 0) is 65.2 Å². The minimum Gasteiger partial charge on any atom is -0.381 e. The summed E-state index contributed by atoms with van der Waals surface area (Å²) in [6.07, 6.45) is 11.4. The molecule has 2 atom stereocenters. The molecule has 10 nitrogen and oxygen atoms in total. The fraction of sp³-hybridized carbons (Fsp3) is 0.917. The van der Waals surface area contributed by atoms with Crippen molar-refractivity contribution in [3.63, 3.8) is 0 Å². The molecule has 0 spiro atoms. The topological polar surface area (TPSA) is 98.9 Å². The largest absolute Gasteiger partial charge is 0.381 e. The Morgan fingerprint density at radius 1 is 0.886 bits per heavy atom. The van der Waals surface area contributed by atoms with Crippen LogP contribution in [0.15, 0.2) is 11.1 Å². The van der Waals surface area contributed by atoms with Crippen molar-refractivity contribution in [3.05, 3.63) is 16.8 Å². The number of methoxy groups -OCH3 is 1. The Bertz CT molecular complexity index is 971. The summed E-state index contributed by atoms with van der Waals surface area (Å²) >= 11 is 0. The monoisotopic (exact) mass is 513 g/mol. The van der Waals surface area contributed by atoms with Crippen LogP contribution in [0.2, 0.25) is 0 Å². The fourth-order valence-electron chi connectivity index (χ4n) is 6.23. The zero-order valence-electron chi connectivity index (χ0n) is 21.7. The maximum atomic E-state index is 13.0. The summed E-state index contributed by atoms with van der Waals surface area (Å²) in [5.74, 6) is 0. The van der Waals surface area contributed by atoms with Gasteiger partial charge in [0.15, 0.2) is 0 Å². The molecule has 2 aliphatic carbocycles. The zero-order chi connectivity index (χ0) is 25.2. The summed E-state index contributed by atoms with van der Waals surface area (Å²) in [6.45, 7) is 7.97. The molecule has 0 unspecified atom stereocenters. The average molecular weight is 514 g/mol. The van der Waals surface area contributed by atoms with Crippen molar-refractivity contribution in [2.75, 3.05) is 39.5 Å². The first kappa shape index (κ1) is 26.8. The van der Waals surface area contributed by atoms with Crippen LogP contribution in [-0.4, -0.2) is 96.4 Å². The SMILES string of the molecule is COC1CCC(N2CCN(C3CCC(n4cnn([C@@H](C)[C@@H](C)OS(C)(=O)=O)c4=O)CC3)CC2)CC1. The Morgan fingerprint density at radius 2 is 1.37 bits per heavy atom. The van der Waals surface area contributed by atoms with Gasteiger partial charge < -0.3 is 4.74 Å². The minimum atomic E-state index is -3.60. The molecule has 0 radical (unpaired) electrons. The van der Waals surface area contributed by atoms with E-state index in [-0.39, 0.29) is 11.7 Å². The summed E-state index contributed by atoms with van der Waals surface area (Å²) in [7, 11) is -1.76. The molecular formula is C24H43N5O5S. The zero-order valence-corrected chi connectivity index (χ0v) is 22.5. The number of ether oxygens (including phenoxy) is 1. The molecule has 0 bridgehead atoms. The van der Waals surface area contributed by atoms with E-state index in [1.165, 1.54) is 30.4 Å². The van der Waals surface area contributed by atoms with Gasteiger partial charge in [0.05, 0.1) is 24.5 Å². The molecule has 0 amide bonds. The van der Waals surface area contributed by atoms with Crippen molar-refractivity contribution in [1.82, 2.24) is 24.1 Å². The van der Waals surface area contributed by atoms with Crippen LogP contribution in [0.25, 0.3) is 0 Å². The summed E-state index contributed by atoms with van der Waals surface area (Å²) in [4.78, 5) is 18.4. The van der Waals surface area contributed by atoms with Gasteiger partial charge >= 0.3 is 5.69 Å². The third-order valence-corrected chi connectivity index (χ3v) is 9.18. The van der Waals surface area contributed by atoms with Crippen LogP contribution in [0.3, 0.4) is 0 Å². The number of nitrogens with zero attached hydrogens (tertiary/aromatic N) is 5. The van der Waals surface area contributed by atoms with Gasteiger partial charge in [0.2, 0.25) is 0 Å². The van der Waals surface area contributed by atoms with Gasteiger partial charge in [-0.3, -0.25) is 18.6 Å². The van der Waals surface area contributed by atoms with Crippen molar-refractivity contribution >= 4 is 10.1 Å². The second-order valence-electron chi connectivity index (χ2n) is 10.7. The van der Waals surface area contributed by atoms with Gasteiger partial charge in [-0.1, -0.05) is 0 Å². The third-order valence-electron chi connectivity index (χ3n) is 8.53. The van der Waals surface area contributed by atoms with Gasteiger partial charge in [-0.15, -0.1) is 0 Å². The van der Waals surface area contributed by atoms with Crippen molar-refractivity contribution in [1.29, 1.82) is 0 Å². The van der Waals surface area contributed by atoms with Gasteiger partial charge in [0.1, 0.15) is 6.33 Å². The molecule has 2 heterocycles. The Hall–Kier alpha value is -1.27. The van der Waals surface area contributed by atoms with Crippen LogP contribution in [0.1, 0.15) is 77.3 Å². The molecule has 35 heavy (non-hydrogen) atoms. The highest BCUT2D eigenvalue weighted by Crippen LogP contribution is 2.32. The molecule has 3 aliphatic rings. The van der Waals surface area contributed by atoms with E-state index < -0.39 is 22.3 Å². The van der Waals surface area contributed by atoms with E-state index in [1.54, 1.807) is 24.7 Å². The van der Waals surface area contributed by atoms with Crippen molar-refractivity contribution in [2.24, 2.45) is 0 Å². The van der Waals surface area contributed by atoms with Gasteiger partial charge in [-0.25, -0.2) is 9.48 Å². The smallest absolute Gasteiger partial charge is 0.346 e. The first-order valence-electron chi connectivity index (χ1n) is 13.2. The van der Waals surface area contributed by atoms with Crippen LogP contribution >= 0.6 is 0 Å². The van der Waals surface area contributed by atoms with Crippen molar-refractivity contribution in [3.8, 4) is 0 Å². The lowest BCUT2D eigenvalue weighted by Gasteiger charge is -2.45. The lowest BCUT2D eigenvalue weighted by molar-refractivity contribution is 0.0107. The molecule has 11 heteroatoms. The lowest BCUT2D eigenvalue weighted by Crippen LogP contribution is -2.54. The van der Waals surface area contributed by atoms with E-state index >= 15 is 0 Å². The van der Waals surface area contributed by atoms with Crippen molar-refractivity contribution < 1.29 is 17.3 Å². The van der Waals surface area contributed by atoms with Crippen LogP contribution in [-0.2, 0) is 19.0 Å². The molecule has 0 aromatic carbocycles. The number of rotatable bonds is 8. The van der Waals surface area contributed by atoms with Crippen LogP contribution in [0.4, 0.5) is 0 Å². The molecule has 200 valence electrons. The average Bonchev–Trinajstić information content (AvgIpc) is 3.24. The Balaban J connectivity index is 1.26. The van der Waals surface area contributed by atoms with Gasteiger partial charge in [0, 0.05) is 51.4 Å². The fourth-order valence-corrected chi connectivity index (χ4v) is 6.94. The molecular weight excluding hydrogens is 470 g/mol. The highest BCUT2D eigenvalue weighted by atomic mass is 32.2. The molecule has 1 saturated heterocycles. The Labute approximate surface area is 209 Å². The van der Waals surface area contributed by atoms with Crippen molar-refractivity contribution in [2.45, 2.75) is 102 Å². The number of piperazine rings is 1. The summed E-state index contributed by atoms with van der Waals surface area (Å²) < 4.78 is 36.6. The van der Waals surface area contributed by atoms with Crippen LogP contribution in [0.5, 0.6) is 0 Å². The summed E-state index contributed by atoms with van der Waals surface area (Å²) in [5.41, 5.74) is -0.193. The first-order chi connectivity index (χ1) is 16.7. The van der Waals surface area contributed by atoms with E-state index in [9.17, 15) is 13.2 Å². The van der Waals surface area contributed by atoms with Gasteiger partial charge in [-0.2, -0.15) is 13.5 Å². The predicted molar refractivity (Wildman–Crippen MR) is 134 cm³/mol. The lowest BCUT2D eigenvalue weighted by atomic mass is 9.89. The maximum Gasteiger partial charge on any atom is 0.346 e. The quantitative estimate of drug-likeness (QED) is 0.487. The number of hydrogen-bond donors (Lipinski definition) is 0. The van der Waals surface area contributed by atoms with E-state index in [1.807, 2.05) is 7.11 Å². The highest BCUT2D eigenvalue weighted by Gasteiger charge is 2.33. The molecule has 2 saturated carbocycles. The van der Waals surface area contributed by atoms with E-state index in [0.717, 1.165) is 64.2 Å². The Morgan fingerprint density at radius 3 is 1.86 bits per heavy atom. The standard InChI is InChI=1S/C24H43N5O5S/c1-18(19(2)34-35(4,31)32)29-24(30)28(17-25-29)22-7-5-20(6-8-22)26-13-15-27(16-14-26)21-9-11-23(33-3)12-10-21/h17-23H,5-16H2,1-4H3/t18-,19+,20?,21?,22?,23?/m0/s1. The first-order valence-corrected chi connectivity index (χ1v) is 15.0. The van der Waals surface area contributed by atoms with Crippen LogP contribution in [0, 0.1) is 0 Å². The minimum absolute atomic E-state index is 0.142. The second kappa shape index (κ2) is 11.4. The van der Waals surface area contributed by atoms with Crippen LogP contribution < -0.4 is 5.69 Å². The normalized spacial score (nSPS) is 31.3. The molecule has 3 fully saturated rings. The molecule has 0 N–H and O–H groups in total. The molecule has 4 rings (SSSR count). The van der Waals surface area contributed by atoms with E-state index in [4.69, 9.17) is 8.92 Å². The molecule has 1 aliphatic heterocycles. The van der Waals surface area contributed by atoms with E-state index in [2.05, 4.69) is 14.9 Å². The Kier molecular flexibility index (Phi) is 8.73. The molecule has 1 aromatic rings. The summed E-state index contributed by atoms with van der Waals surface area (Å²) in [5, 5.41) is 4.28. The predicted octanol–water partition coefficient (Wildman–Crippen LogP) is 2.03. The summed E-state index contributed by atoms with van der Waals surface area (Å²) in [6, 6.07) is 0.972. The third kappa shape index (κ3) is 6.54. The number of aromatic nitrogens is 3. The highest BCUT2D eigenvalue weighted by molar-refractivity contribution is 7.86. The van der Waals surface area contributed by atoms with E-state index in [0.29, 0.717) is 12.1 Å². The maximum absolute atomic E-state index is 13.0.